The zero-order chi connectivity index (χ0) is 14.7. The van der Waals surface area contributed by atoms with Crippen LogP contribution in [0.1, 0.15) is 12.5 Å². The highest BCUT2D eigenvalue weighted by Gasteiger charge is 2.30. The minimum atomic E-state index is -0.632. The van der Waals surface area contributed by atoms with Crippen molar-refractivity contribution in [3.05, 3.63) is 23.8 Å². The van der Waals surface area contributed by atoms with Crippen LogP contribution in [-0.4, -0.2) is 34.0 Å². The van der Waals surface area contributed by atoms with Crippen LogP contribution in [0.15, 0.2) is 28.4 Å². The SMILES string of the molecule is C[C@@H]1C(=O)NN=C1C(=O)N/N=C/c1ccc(O)cc1O. The van der Waals surface area contributed by atoms with Crippen molar-refractivity contribution in [1.82, 2.24) is 10.9 Å². The topological polar surface area (TPSA) is 123 Å². The van der Waals surface area contributed by atoms with E-state index in [9.17, 15) is 14.7 Å². The third kappa shape index (κ3) is 2.74. The van der Waals surface area contributed by atoms with E-state index in [1.807, 2.05) is 0 Å². The molecule has 2 rings (SSSR count). The molecule has 1 heterocycles. The standard InChI is InChI=1S/C12H12N4O4/c1-6-10(14-16-11(6)19)12(20)15-13-5-7-2-3-8(17)4-9(7)18/h2-6,17-18H,1H3,(H,15,20)(H,16,19)/b13-5+/t6-/m0/s1. The highest BCUT2D eigenvalue weighted by molar-refractivity contribution is 6.44. The summed E-state index contributed by atoms with van der Waals surface area (Å²) < 4.78 is 0. The van der Waals surface area contributed by atoms with Crippen LogP contribution in [-0.2, 0) is 9.59 Å². The molecule has 1 aromatic rings. The zero-order valence-electron chi connectivity index (χ0n) is 10.5. The van der Waals surface area contributed by atoms with Crippen molar-refractivity contribution in [1.29, 1.82) is 0 Å². The molecule has 1 aromatic carbocycles. The van der Waals surface area contributed by atoms with E-state index in [0.29, 0.717) is 5.56 Å². The molecular formula is C12H12N4O4. The Morgan fingerprint density at radius 2 is 2.25 bits per heavy atom. The van der Waals surface area contributed by atoms with Gasteiger partial charge in [-0.25, -0.2) is 10.9 Å². The van der Waals surface area contributed by atoms with E-state index in [0.717, 1.165) is 6.07 Å². The maximum atomic E-state index is 11.7. The smallest absolute Gasteiger partial charge is 0.288 e. The fraction of sp³-hybridized carbons (Fsp3) is 0.167. The number of aromatic hydroxyl groups is 2. The van der Waals surface area contributed by atoms with Gasteiger partial charge in [-0.3, -0.25) is 9.59 Å². The summed E-state index contributed by atoms with van der Waals surface area (Å²) in [5, 5.41) is 25.9. The van der Waals surface area contributed by atoms with Gasteiger partial charge >= 0.3 is 0 Å². The Hall–Kier alpha value is -2.90. The molecule has 0 bridgehead atoms. The van der Waals surface area contributed by atoms with Gasteiger partial charge in [0.15, 0.2) is 0 Å². The number of hydrogen-bond donors (Lipinski definition) is 4. The molecule has 8 nitrogen and oxygen atoms in total. The summed E-state index contributed by atoms with van der Waals surface area (Å²) >= 11 is 0. The molecular weight excluding hydrogens is 264 g/mol. The second kappa shape index (κ2) is 5.39. The van der Waals surface area contributed by atoms with Gasteiger partial charge in [-0.15, -0.1) is 0 Å². The summed E-state index contributed by atoms with van der Waals surface area (Å²) in [5.41, 5.74) is 4.75. The number of hydrazone groups is 2. The number of benzene rings is 1. The molecule has 0 aromatic heterocycles. The lowest BCUT2D eigenvalue weighted by Crippen LogP contribution is -2.32. The van der Waals surface area contributed by atoms with Gasteiger partial charge in [0.2, 0.25) is 5.91 Å². The Bertz CT molecular complexity index is 624. The molecule has 0 saturated carbocycles. The third-order valence-corrected chi connectivity index (χ3v) is 2.71. The second-order valence-electron chi connectivity index (χ2n) is 4.14. The molecule has 0 spiro atoms. The minimum absolute atomic E-state index is 0.0436. The summed E-state index contributed by atoms with van der Waals surface area (Å²) in [6.07, 6.45) is 1.21. The van der Waals surface area contributed by atoms with E-state index >= 15 is 0 Å². The van der Waals surface area contributed by atoms with Gasteiger partial charge in [0, 0.05) is 11.6 Å². The van der Waals surface area contributed by atoms with E-state index in [4.69, 9.17) is 5.11 Å². The van der Waals surface area contributed by atoms with E-state index in [1.54, 1.807) is 6.92 Å². The van der Waals surface area contributed by atoms with Crippen molar-refractivity contribution in [3.8, 4) is 11.5 Å². The van der Waals surface area contributed by atoms with Crippen LogP contribution < -0.4 is 10.9 Å². The molecule has 20 heavy (non-hydrogen) atoms. The molecule has 1 aliphatic heterocycles. The van der Waals surface area contributed by atoms with Crippen molar-refractivity contribution in [2.75, 3.05) is 0 Å². The number of rotatable bonds is 3. The largest absolute Gasteiger partial charge is 0.508 e. The third-order valence-electron chi connectivity index (χ3n) is 2.71. The molecule has 0 saturated heterocycles. The van der Waals surface area contributed by atoms with Crippen LogP contribution in [0.3, 0.4) is 0 Å². The van der Waals surface area contributed by atoms with Gasteiger partial charge in [-0.2, -0.15) is 10.2 Å². The number of carbonyl (C=O) groups is 2. The van der Waals surface area contributed by atoms with Crippen LogP contribution >= 0.6 is 0 Å². The maximum absolute atomic E-state index is 11.7. The fourth-order valence-electron chi connectivity index (χ4n) is 1.54. The first-order valence-electron chi connectivity index (χ1n) is 5.72. The number of amides is 2. The Balaban J connectivity index is 2.00. The summed E-state index contributed by atoms with van der Waals surface area (Å²) in [6.45, 7) is 1.55. The van der Waals surface area contributed by atoms with E-state index in [1.165, 1.54) is 18.3 Å². The van der Waals surface area contributed by atoms with Gasteiger partial charge in [-0.1, -0.05) is 0 Å². The second-order valence-corrected chi connectivity index (χ2v) is 4.14. The van der Waals surface area contributed by atoms with Gasteiger partial charge < -0.3 is 10.2 Å². The van der Waals surface area contributed by atoms with Crippen molar-refractivity contribution >= 4 is 23.7 Å². The predicted molar refractivity (Wildman–Crippen MR) is 70.3 cm³/mol. The average Bonchev–Trinajstić information content (AvgIpc) is 2.72. The zero-order valence-corrected chi connectivity index (χ0v) is 10.5. The maximum Gasteiger partial charge on any atom is 0.288 e. The Labute approximate surface area is 113 Å². The molecule has 1 atom stereocenters. The molecule has 0 aliphatic carbocycles. The van der Waals surface area contributed by atoms with Crippen LogP contribution in [0.5, 0.6) is 11.5 Å². The Morgan fingerprint density at radius 1 is 1.50 bits per heavy atom. The molecule has 2 amide bonds. The Morgan fingerprint density at radius 3 is 2.85 bits per heavy atom. The highest BCUT2D eigenvalue weighted by Crippen LogP contribution is 2.20. The number of nitrogens with zero attached hydrogens (tertiary/aromatic N) is 2. The first-order chi connectivity index (χ1) is 9.49. The summed E-state index contributed by atoms with van der Waals surface area (Å²) in [6, 6.07) is 3.95. The number of phenols is 2. The quantitative estimate of drug-likeness (QED) is 0.445. The lowest BCUT2D eigenvalue weighted by Gasteiger charge is -2.02. The van der Waals surface area contributed by atoms with Crippen LogP contribution in [0.25, 0.3) is 0 Å². The van der Waals surface area contributed by atoms with Gasteiger partial charge in [0.05, 0.1) is 12.1 Å². The van der Waals surface area contributed by atoms with Crippen molar-refractivity contribution in [3.63, 3.8) is 0 Å². The molecule has 1 aliphatic rings. The molecule has 8 heteroatoms. The number of hydrogen-bond acceptors (Lipinski definition) is 6. The monoisotopic (exact) mass is 276 g/mol. The number of phenolic OH excluding ortho intramolecular Hbond substituents is 2. The highest BCUT2D eigenvalue weighted by atomic mass is 16.3. The Kier molecular flexibility index (Phi) is 3.65. The van der Waals surface area contributed by atoms with E-state index in [-0.39, 0.29) is 23.1 Å². The van der Waals surface area contributed by atoms with Gasteiger partial charge in [-0.05, 0) is 19.1 Å². The average molecular weight is 276 g/mol. The molecule has 104 valence electrons. The lowest BCUT2D eigenvalue weighted by atomic mass is 10.1. The van der Waals surface area contributed by atoms with Gasteiger partial charge in [0.1, 0.15) is 17.2 Å². The van der Waals surface area contributed by atoms with Crippen LogP contribution in [0, 0.1) is 5.92 Å². The van der Waals surface area contributed by atoms with Crippen molar-refractivity contribution in [2.24, 2.45) is 16.1 Å². The first-order valence-corrected chi connectivity index (χ1v) is 5.72. The summed E-state index contributed by atoms with van der Waals surface area (Å²) in [4.78, 5) is 22.8. The van der Waals surface area contributed by atoms with E-state index < -0.39 is 11.8 Å². The normalized spacial score (nSPS) is 17.9. The van der Waals surface area contributed by atoms with Crippen LogP contribution in [0.2, 0.25) is 0 Å². The fourth-order valence-corrected chi connectivity index (χ4v) is 1.54. The molecule has 0 radical (unpaired) electrons. The number of nitrogens with one attached hydrogen (secondary N) is 2. The molecule has 0 fully saturated rings. The van der Waals surface area contributed by atoms with E-state index in [2.05, 4.69) is 21.1 Å². The lowest BCUT2D eigenvalue weighted by molar-refractivity contribution is -0.122. The van der Waals surface area contributed by atoms with Crippen molar-refractivity contribution < 1.29 is 19.8 Å². The molecule has 4 N–H and O–H groups in total. The minimum Gasteiger partial charge on any atom is -0.508 e. The first kappa shape index (κ1) is 13.5. The summed E-state index contributed by atoms with van der Waals surface area (Å²) in [5.74, 6) is -1.85. The predicted octanol–water partition coefficient (Wildman–Crippen LogP) is -0.330. The van der Waals surface area contributed by atoms with Crippen molar-refractivity contribution in [2.45, 2.75) is 6.92 Å². The summed E-state index contributed by atoms with van der Waals surface area (Å²) in [7, 11) is 0. The molecule has 0 unspecified atom stereocenters. The van der Waals surface area contributed by atoms with Crippen LogP contribution in [0.4, 0.5) is 0 Å². The number of carbonyl (C=O) groups excluding carboxylic acids is 2. The van der Waals surface area contributed by atoms with Gasteiger partial charge in [0.25, 0.3) is 5.91 Å².